The van der Waals surface area contributed by atoms with Gasteiger partial charge in [-0.05, 0) is 30.4 Å². The number of aryl methyl sites for hydroxylation is 1. The lowest BCUT2D eigenvalue weighted by atomic mass is 10.2. The highest BCUT2D eigenvalue weighted by Crippen LogP contribution is 2.14. The van der Waals surface area contributed by atoms with E-state index in [-0.39, 0.29) is 12.8 Å². The van der Waals surface area contributed by atoms with E-state index in [4.69, 9.17) is 16.6 Å². The van der Waals surface area contributed by atoms with E-state index < -0.39 is 17.9 Å². The first-order chi connectivity index (χ1) is 9.93. The first kappa shape index (κ1) is 16.7. The molecule has 0 saturated heterocycles. The number of aliphatic carboxylic acids is 1. The van der Waals surface area contributed by atoms with Crippen LogP contribution >= 0.6 is 0 Å². The quantitative estimate of drug-likeness (QED) is 0.664. The van der Waals surface area contributed by atoms with E-state index in [1.54, 1.807) is 0 Å². The fraction of sp³-hybridized carbons (Fsp3) is 0.333. The van der Waals surface area contributed by atoms with Gasteiger partial charge >= 0.3 is 5.97 Å². The highest BCUT2D eigenvalue weighted by molar-refractivity contribution is 5.80. The van der Waals surface area contributed by atoms with E-state index in [9.17, 15) is 9.59 Å². The monoisotopic (exact) mass is 291 g/mol. The number of primary amides is 1. The summed E-state index contributed by atoms with van der Waals surface area (Å²) in [6, 6.07) is 9.58. The van der Waals surface area contributed by atoms with Crippen LogP contribution in [0.4, 0.5) is 0 Å². The molecule has 0 aliphatic rings. The van der Waals surface area contributed by atoms with E-state index in [2.05, 4.69) is 42.2 Å². The number of amides is 1. The molecule has 1 aromatic carbocycles. The Bertz CT molecular complexity index is 574. The number of aromatic nitrogens is 1. The maximum Gasteiger partial charge on any atom is 0.320 e. The molecule has 1 unspecified atom stereocenters. The van der Waals surface area contributed by atoms with Gasteiger partial charge in [0.1, 0.15) is 6.04 Å². The number of H-pyrrole nitrogens is 1. The minimum atomic E-state index is -1.11. The van der Waals surface area contributed by atoms with E-state index in [0.29, 0.717) is 0 Å². The van der Waals surface area contributed by atoms with Crippen LogP contribution in [0.15, 0.2) is 30.3 Å². The van der Waals surface area contributed by atoms with Gasteiger partial charge in [0, 0.05) is 17.6 Å². The summed E-state index contributed by atoms with van der Waals surface area (Å²) in [5, 5.41) is 9.53. The Morgan fingerprint density at radius 3 is 2.52 bits per heavy atom. The highest BCUT2D eigenvalue weighted by Gasteiger charge is 2.11. The fourth-order valence-electron chi connectivity index (χ4n) is 1.75. The van der Waals surface area contributed by atoms with Crippen LogP contribution in [0.3, 0.4) is 0 Å². The average Bonchev–Trinajstić information content (AvgIpc) is 2.88. The van der Waals surface area contributed by atoms with E-state index in [1.165, 1.54) is 16.6 Å². The third-order valence-corrected chi connectivity index (χ3v) is 2.99. The molecule has 0 spiro atoms. The third kappa shape index (κ3) is 5.66. The standard InChI is InChI=1S/C10H11N.C5H10N2O3/c1-2-9-7-8-5-3-4-6-10(8)11-9;6-3(5(9)10)1-2-4(7)8/h3-7,11H,2H2,1H3;3H,1-2,6H2,(H2,7,8)(H,9,10). The molecular weight excluding hydrogens is 270 g/mol. The number of carbonyl (C=O) groups is 2. The largest absolute Gasteiger partial charge is 0.480 e. The van der Waals surface area contributed by atoms with Gasteiger partial charge in [-0.3, -0.25) is 9.59 Å². The van der Waals surface area contributed by atoms with E-state index >= 15 is 0 Å². The summed E-state index contributed by atoms with van der Waals surface area (Å²) in [6.45, 7) is 2.16. The van der Waals surface area contributed by atoms with Crippen molar-refractivity contribution in [2.75, 3.05) is 0 Å². The molecule has 0 fully saturated rings. The predicted molar refractivity (Wildman–Crippen MR) is 81.7 cm³/mol. The van der Waals surface area contributed by atoms with Crippen LogP contribution in [0.1, 0.15) is 25.5 Å². The number of hydrogen-bond donors (Lipinski definition) is 4. The van der Waals surface area contributed by atoms with Gasteiger partial charge in [-0.25, -0.2) is 0 Å². The zero-order valence-electron chi connectivity index (χ0n) is 12.0. The molecule has 1 atom stereocenters. The van der Waals surface area contributed by atoms with Crippen LogP contribution in [0.5, 0.6) is 0 Å². The van der Waals surface area contributed by atoms with Crippen LogP contribution in [-0.2, 0) is 16.0 Å². The zero-order chi connectivity index (χ0) is 15.8. The summed E-state index contributed by atoms with van der Waals surface area (Å²) in [5.41, 5.74) is 12.4. The van der Waals surface area contributed by atoms with Crippen molar-refractivity contribution in [1.82, 2.24) is 4.98 Å². The van der Waals surface area contributed by atoms with Gasteiger partial charge in [0.25, 0.3) is 0 Å². The topological polar surface area (TPSA) is 122 Å². The summed E-state index contributed by atoms with van der Waals surface area (Å²) >= 11 is 0. The lowest BCUT2D eigenvalue weighted by molar-refractivity contribution is -0.138. The Morgan fingerprint density at radius 2 is 2.00 bits per heavy atom. The SMILES string of the molecule is CCc1cc2ccccc2[nH]1.NC(=O)CCC(N)C(=O)O. The molecule has 6 heteroatoms. The number of carboxylic acid groups (broad SMARTS) is 1. The molecule has 0 radical (unpaired) electrons. The fourth-order valence-corrected chi connectivity index (χ4v) is 1.75. The van der Waals surface area contributed by atoms with E-state index in [1.807, 2.05) is 0 Å². The van der Waals surface area contributed by atoms with Crippen molar-refractivity contribution in [3.05, 3.63) is 36.0 Å². The summed E-state index contributed by atoms with van der Waals surface area (Å²) in [7, 11) is 0. The Balaban J connectivity index is 0.000000212. The molecule has 0 aliphatic carbocycles. The number of nitrogens with two attached hydrogens (primary N) is 2. The van der Waals surface area contributed by atoms with Gasteiger partial charge in [-0.1, -0.05) is 25.1 Å². The van der Waals surface area contributed by atoms with Gasteiger partial charge in [-0.2, -0.15) is 0 Å². The Hall–Kier alpha value is -2.34. The number of nitrogens with one attached hydrogen (secondary N) is 1. The van der Waals surface area contributed by atoms with Crippen molar-refractivity contribution in [2.45, 2.75) is 32.2 Å². The van der Waals surface area contributed by atoms with Gasteiger partial charge in [0.2, 0.25) is 5.91 Å². The number of carboxylic acids is 1. The summed E-state index contributed by atoms with van der Waals surface area (Å²) < 4.78 is 0. The molecule has 21 heavy (non-hydrogen) atoms. The molecule has 114 valence electrons. The zero-order valence-corrected chi connectivity index (χ0v) is 12.0. The number of para-hydroxylation sites is 1. The maximum atomic E-state index is 10.1. The molecule has 1 heterocycles. The average molecular weight is 291 g/mol. The first-order valence-corrected chi connectivity index (χ1v) is 6.77. The van der Waals surface area contributed by atoms with Crippen molar-refractivity contribution in [1.29, 1.82) is 0 Å². The molecule has 0 aliphatic heterocycles. The second kappa shape index (κ2) is 8.06. The number of hydrogen-bond acceptors (Lipinski definition) is 3. The van der Waals surface area contributed by atoms with Gasteiger partial charge in [0.15, 0.2) is 0 Å². The molecule has 6 nitrogen and oxygen atoms in total. The van der Waals surface area contributed by atoms with Crippen molar-refractivity contribution in [2.24, 2.45) is 11.5 Å². The van der Waals surface area contributed by atoms with Gasteiger partial charge in [-0.15, -0.1) is 0 Å². The first-order valence-electron chi connectivity index (χ1n) is 6.77. The van der Waals surface area contributed by atoms with Crippen molar-refractivity contribution in [3.63, 3.8) is 0 Å². The highest BCUT2D eigenvalue weighted by atomic mass is 16.4. The van der Waals surface area contributed by atoms with Crippen molar-refractivity contribution in [3.8, 4) is 0 Å². The summed E-state index contributed by atoms with van der Waals surface area (Å²) in [4.78, 5) is 23.5. The maximum absolute atomic E-state index is 10.1. The second-order valence-electron chi connectivity index (χ2n) is 4.69. The summed E-state index contributed by atoms with van der Waals surface area (Å²) in [6.07, 6.45) is 1.20. The molecule has 0 saturated carbocycles. The summed E-state index contributed by atoms with van der Waals surface area (Å²) in [5.74, 6) is -1.64. The predicted octanol–water partition coefficient (Wildman–Crippen LogP) is 1.39. The van der Waals surface area contributed by atoms with E-state index in [0.717, 1.165) is 6.42 Å². The number of aromatic amines is 1. The lowest BCUT2D eigenvalue weighted by Gasteiger charge is -2.01. The lowest BCUT2D eigenvalue weighted by Crippen LogP contribution is -2.31. The molecule has 1 aromatic heterocycles. The number of benzene rings is 1. The number of rotatable bonds is 5. The smallest absolute Gasteiger partial charge is 0.320 e. The second-order valence-corrected chi connectivity index (χ2v) is 4.69. The van der Waals surface area contributed by atoms with Crippen molar-refractivity contribution >= 4 is 22.8 Å². The van der Waals surface area contributed by atoms with Gasteiger partial charge < -0.3 is 21.6 Å². The number of fused-ring (bicyclic) bond motifs is 1. The van der Waals surface area contributed by atoms with Crippen molar-refractivity contribution < 1.29 is 14.7 Å². The minimum absolute atomic E-state index is 0.0213. The Labute approximate surface area is 123 Å². The van der Waals surface area contributed by atoms with Crippen LogP contribution in [0.2, 0.25) is 0 Å². The van der Waals surface area contributed by atoms with Gasteiger partial charge in [0.05, 0.1) is 0 Å². The normalized spacial score (nSPS) is 11.5. The minimum Gasteiger partial charge on any atom is -0.480 e. The molecule has 0 bridgehead atoms. The molecule has 1 amide bonds. The van der Waals surface area contributed by atoms with Crippen LogP contribution in [-0.4, -0.2) is 28.0 Å². The molecular formula is C15H21N3O3. The van der Waals surface area contributed by atoms with Crippen LogP contribution in [0, 0.1) is 0 Å². The number of carbonyl (C=O) groups excluding carboxylic acids is 1. The van der Waals surface area contributed by atoms with Crippen LogP contribution in [0.25, 0.3) is 10.9 Å². The Morgan fingerprint density at radius 1 is 1.33 bits per heavy atom. The molecule has 2 rings (SSSR count). The molecule has 6 N–H and O–H groups in total. The van der Waals surface area contributed by atoms with Crippen LogP contribution < -0.4 is 11.5 Å². The Kier molecular flexibility index (Phi) is 6.42. The molecule has 2 aromatic rings. The third-order valence-electron chi connectivity index (χ3n) is 2.99.